The molecule has 3 nitrogen and oxygen atoms in total. The first kappa shape index (κ1) is 14.6. The number of nitrogens with zero attached hydrogens (tertiary/aromatic N) is 1. The summed E-state index contributed by atoms with van der Waals surface area (Å²) in [7, 11) is 0. The maximum absolute atomic E-state index is 10.6. The number of piperidine rings is 1. The molecular weight excluding hydrogens is 238 g/mol. The molecule has 0 aromatic heterocycles. The lowest BCUT2D eigenvalue weighted by atomic mass is 9.76. The lowest BCUT2D eigenvalue weighted by Gasteiger charge is -2.45. The van der Waals surface area contributed by atoms with E-state index in [1.807, 2.05) is 0 Å². The highest BCUT2D eigenvalue weighted by atomic mass is 16.4. The van der Waals surface area contributed by atoms with Crippen LogP contribution in [0.25, 0.3) is 0 Å². The molecule has 0 radical (unpaired) electrons. The van der Waals surface area contributed by atoms with Crippen LogP contribution in [0.15, 0.2) is 11.6 Å². The first-order chi connectivity index (χ1) is 9.20. The summed E-state index contributed by atoms with van der Waals surface area (Å²) in [5.41, 5.74) is 1.51. The molecule has 3 heteroatoms. The van der Waals surface area contributed by atoms with Crippen LogP contribution in [0.4, 0.5) is 0 Å². The Hall–Kier alpha value is -0.830. The summed E-state index contributed by atoms with van der Waals surface area (Å²) in [5.74, 6) is 0.202. The van der Waals surface area contributed by atoms with Crippen LogP contribution < -0.4 is 0 Å². The van der Waals surface area contributed by atoms with Crippen LogP contribution in [0.5, 0.6) is 0 Å². The Morgan fingerprint density at radius 1 is 1.47 bits per heavy atom. The van der Waals surface area contributed by atoms with Gasteiger partial charge in [-0.05, 0) is 64.0 Å². The molecule has 1 saturated heterocycles. The van der Waals surface area contributed by atoms with Crippen molar-refractivity contribution in [2.75, 3.05) is 13.1 Å². The standard InChI is InChI=1S/C16H27NO2/c1-2-10-17-11-4-6-14-9-8-13(12-15(14)17)5-3-7-16(18)19/h5,14-15H,2-4,6-12H2,1H3,(H,18,19)/b13-5+. The third kappa shape index (κ3) is 4.07. The van der Waals surface area contributed by atoms with Gasteiger partial charge in [-0.15, -0.1) is 0 Å². The van der Waals surface area contributed by atoms with Crippen LogP contribution >= 0.6 is 0 Å². The van der Waals surface area contributed by atoms with Gasteiger partial charge in [0.25, 0.3) is 0 Å². The SMILES string of the molecule is CCCN1CCCC2CC/C(=C\CCC(=O)O)CC21. The van der Waals surface area contributed by atoms with Gasteiger partial charge < -0.3 is 5.11 Å². The number of rotatable bonds is 5. The van der Waals surface area contributed by atoms with Gasteiger partial charge in [0.2, 0.25) is 0 Å². The second-order valence-corrected chi connectivity index (χ2v) is 6.04. The van der Waals surface area contributed by atoms with Gasteiger partial charge >= 0.3 is 5.97 Å². The molecule has 0 aromatic carbocycles. The summed E-state index contributed by atoms with van der Waals surface area (Å²) in [6.07, 6.45) is 10.9. The highest BCUT2D eigenvalue weighted by molar-refractivity contribution is 5.66. The molecule has 2 atom stereocenters. The number of carboxylic acids is 1. The van der Waals surface area contributed by atoms with E-state index in [1.165, 1.54) is 57.2 Å². The minimum atomic E-state index is -0.684. The Morgan fingerprint density at radius 3 is 3.05 bits per heavy atom. The van der Waals surface area contributed by atoms with E-state index in [-0.39, 0.29) is 6.42 Å². The largest absolute Gasteiger partial charge is 0.481 e. The van der Waals surface area contributed by atoms with E-state index in [2.05, 4.69) is 17.9 Å². The third-order valence-electron chi connectivity index (χ3n) is 4.64. The Balaban J connectivity index is 1.92. The fourth-order valence-corrected chi connectivity index (χ4v) is 3.74. The fraction of sp³-hybridized carbons (Fsp3) is 0.812. The Bertz CT molecular complexity index is 336. The van der Waals surface area contributed by atoms with Gasteiger partial charge in [-0.2, -0.15) is 0 Å². The predicted molar refractivity (Wildman–Crippen MR) is 77.2 cm³/mol. The second-order valence-electron chi connectivity index (χ2n) is 6.04. The zero-order valence-electron chi connectivity index (χ0n) is 12.1. The number of fused-ring (bicyclic) bond motifs is 1. The van der Waals surface area contributed by atoms with Crippen molar-refractivity contribution >= 4 is 5.97 Å². The summed E-state index contributed by atoms with van der Waals surface area (Å²) in [5, 5.41) is 8.70. The number of hydrogen-bond donors (Lipinski definition) is 1. The molecule has 2 fully saturated rings. The molecule has 1 aliphatic carbocycles. The lowest BCUT2D eigenvalue weighted by molar-refractivity contribution is -0.136. The maximum atomic E-state index is 10.6. The van der Waals surface area contributed by atoms with Crippen LogP contribution in [-0.4, -0.2) is 35.1 Å². The van der Waals surface area contributed by atoms with Crippen molar-refractivity contribution in [1.82, 2.24) is 4.90 Å². The number of carbonyl (C=O) groups is 1. The number of aliphatic carboxylic acids is 1. The van der Waals surface area contributed by atoms with Gasteiger partial charge in [-0.3, -0.25) is 9.69 Å². The number of hydrogen-bond acceptors (Lipinski definition) is 2. The molecule has 0 aromatic rings. The lowest BCUT2D eigenvalue weighted by Crippen LogP contribution is -2.47. The predicted octanol–water partition coefficient (Wildman–Crippen LogP) is 3.45. The molecule has 0 bridgehead atoms. The fourth-order valence-electron chi connectivity index (χ4n) is 3.74. The van der Waals surface area contributed by atoms with E-state index in [0.29, 0.717) is 6.42 Å². The zero-order chi connectivity index (χ0) is 13.7. The van der Waals surface area contributed by atoms with Crippen molar-refractivity contribution in [3.05, 3.63) is 11.6 Å². The van der Waals surface area contributed by atoms with Gasteiger partial charge in [-0.1, -0.05) is 18.6 Å². The Labute approximate surface area is 116 Å². The first-order valence-electron chi connectivity index (χ1n) is 7.84. The number of likely N-dealkylation sites (tertiary alicyclic amines) is 1. The average molecular weight is 265 g/mol. The van der Waals surface area contributed by atoms with E-state index in [1.54, 1.807) is 0 Å². The third-order valence-corrected chi connectivity index (χ3v) is 4.64. The molecule has 2 aliphatic rings. The van der Waals surface area contributed by atoms with Gasteiger partial charge in [0.15, 0.2) is 0 Å². The highest BCUT2D eigenvalue weighted by Crippen LogP contribution is 2.37. The summed E-state index contributed by atoms with van der Waals surface area (Å²) in [4.78, 5) is 13.2. The van der Waals surface area contributed by atoms with Crippen molar-refractivity contribution in [1.29, 1.82) is 0 Å². The normalized spacial score (nSPS) is 30.3. The van der Waals surface area contributed by atoms with E-state index < -0.39 is 5.97 Å². The van der Waals surface area contributed by atoms with E-state index >= 15 is 0 Å². The van der Waals surface area contributed by atoms with Gasteiger partial charge in [0.05, 0.1) is 0 Å². The number of allylic oxidation sites excluding steroid dienone is 1. The van der Waals surface area contributed by atoms with Crippen molar-refractivity contribution in [3.63, 3.8) is 0 Å². The van der Waals surface area contributed by atoms with Gasteiger partial charge in [-0.25, -0.2) is 0 Å². The average Bonchev–Trinajstić information content (AvgIpc) is 2.39. The topological polar surface area (TPSA) is 40.5 Å². The Kier molecular flexibility index (Phi) is 5.44. The molecule has 19 heavy (non-hydrogen) atoms. The van der Waals surface area contributed by atoms with Crippen molar-refractivity contribution in [2.24, 2.45) is 5.92 Å². The zero-order valence-corrected chi connectivity index (χ0v) is 12.1. The number of carboxylic acid groups (broad SMARTS) is 1. The molecule has 1 N–H and O–H groups in total. The molecule has 0 amide bonds. The summed E-state index contributed by atoms with van der Waals surface area (Å²) in [6.45, 7) is 4.75. The van der Waals surface area contributed by atoms with Crippen LogP contribution in [-0.2, 0) is 4.79 Å². The first-order valence-corrected chi connectivity index (χ1v) is 7.84. The summed E-state index contributed by atoms with van der Waals surface area (Å²) in [6, 6.07) is 0.735. The molecule has 1 heterocycles. The van der Waals surface area contributed by atoms with Crippen molar-refractivity contribution in [2.45, 2.75) is 64.3 Å². The molecule has 2 rings (SSSR count). The molecule has 2 unspecified atom stereocenters. The van der Waals surface area contributed by atoms with E-state index in [4.69, 9.17) is 5.11 Å². The van der Waals surface area contributed by atoms with Gasteiger partial charge in [0.1, 0.15) is 0 Å². The molecular formula is C16H27NO2. The molecule has 0 spiro atoms. The van der Waals surface area contributed by atoms with Gasteiger partial charge in [0, 0.05) is 12.5 Å². The minimum absolute atomic E-state index is 0.274. The molecule has 1 saturated carbocycles. The van der Waals surface area contributed by atoms with Crippen molar-refractivity contribution in [3.8, 4) is 0 Å². The summed E-state index contributed by atoms with van der Waals surface area (Å²) >= 11 is 0. The monoisotopic (exact) mass is 265 g/mol. The van der Waals surface area contributed by atoms with Crippen molar-refractivity contribution < 1.29 is 9.90 Å². The second kappa shape index (κ2) is 7.09. The summed E-state index contributed by atoms with van der Waals surface area (Å²) < 4.78 is 0. The maximum Gasteiger partial charge on any atom is 0.303 e. The molecule has 1 aliphatic heterocycles. The van der Waals surface area contributed by atoms with E-state index in [0.717, 1.165) is 12.0 Å². The van der Waals surface area contributed by atoms with Crippen LogP contribution in [0.1, 0.15) is 58.3 Å². The van der Waals surface area contributed by atoms with E-state index in [9.17, 15) is 4.79 Å². The van der Waals surface area contributed by atoms with Crippen LogP contribution in [0.2, 0.25) is 0 Å². The Morgan fingerprint density at radius 2 is 2.32 bits per heavy atom. The quantitative estimate of drug-likeness (QED) is 0.774. The smallest absolute Gasteiger partial charge is 0.303 e. The van der Waals surface area contributed by atoms with Crippen LogP contribution in [0, 0.1) is 5.92 Å². The van der Waals surface area contributed by atoms with Crippen LogP contribution in [0.3, 0.4) is 0 Å². The molecule has 108 valence electrons. The minimum Gasteiger partial charge on any atom is -0.481 e. The highest BCUT2D eigenvalue weighted by Gasteiger charge is 2.33.